The molecule has 0 aromatic rings. The first-order valence-corrected chi connectivity index (χ1v) is 9.59. The number of ether oxygens (including phenoxy) is 1. The lowest BCUT2D eigenvalue weighted by Gasteiger charge is -2.34. The largest absolute Gasteiger partial charge is 0.462 e. The second kappa shape index (κ2) is 8.84. The molecule has 4 atom stereocenters. The number of alkyl halides is 3. The van der Waals surface area contributed by atoms with Gasteiger partial charge in [0.1, 0.15) is 6.04 Å². The number of hydrogen-bond donors (Lipinski definition) is 1. The third-order valence-corrected chi connectivity index (χ3v) is 5.15. The number of esters is 1. The molecule has 0 heterocycles. The number of nitrogens with one attached hydrogen (secondary N) is 1. The van der Waals surface area contributed by atoms with Crippen LogP contribution in [0.25, 0.3) is 0 Å². The van der Waals surface area contributed by atoms with Crippen LogP contribution in [0.3, 0.4) is 0 Å². The van der Waals surface area contributed by atoms with Crippen molar-refractivity contribution in [1.82, 2.24) is 4.72 Å². The molecule has 1 N–H and O–H groups in total. The predicted octanol–water partition coefficient (Wildman–Crippen LogP) is 4.36. The molecular formula is C17H32F3NO3S. The molecule has 25 heavy (non-hydrogen) atoms. The average molecular weight is 388 g/mol. The number of rotatable bonds is 7. The maximum absolute atomic E-state index is 13.7. The van der Waals surface area contributed by atoms with E-state index in [1.165, 1.54) is 0 Å². The van der Waals surface area contributed by atoms with Crippen molar-refractivity contribution in [1.29, 1.82) is 0 Å². The van der Waals surface area contributed by atoms with E-state index < -0.39 is 51.4 Å². The van der Waals surface area contributed by atoms with Crippen molar-refractivity contribution in [3.8, 4) is 0 Å². The van der Waals surface area contributed by atoms with Gasteiger partial charge in [0.05, 0.1) is 27.8 Å². The Balaban J connectivity index is 5.75. The molecule has 0 spiro atoms. The molecule has 0 radical (unpaired) electrons. The molecule has 0 amide bonds. The van der Waals surface area contributed by atoms with Crippen molar-refractivity contribution in [2.75, 3.05) is 0 Å². The van der Waals surface area contributed by atoms with E-state index in [1.54, 1.807) is 55.4 Å². The van der Waals surface area contributed by atoms with Crippen LogP contribution in [0, 0.1) is 11.3 Å². The zero-order valence-electron chi connectivity index (χ0n) is 16.4. The van der Waals surface area contributed by atoms with Crippen molar-refractivity contribution in [2.24, 2.45) is 11.3 Å². The van der Waals surface area contributed by atoms with Crippen molar-refractivity contribution < 1.29 is 26.9 Å². The van der Waals surface area contributed by atoms with E-state index in [2.05, 4.69) is 4.72 Å². The number of carbonyl (C=O) groups excluding carboxylic acids is 1. The second-order valence-electron chi connectivity index (χ2n) is 8.55. The normalized spacial score (nSPS) is 18.4. The number of carbonyl (C=O) groups is 1. The minimum absolute atomic E-state index is 0.0409. The average Bonchev–Trinajstić information content (AvgIpc) is 2.38. The lowest BCUT2D eigenvalue weighted by molar-refractivity contribution is -0.183. The van der Waals surface area contributed by atoms with Crippen molar-refractivity contribution in [3.63, 3.8) is 0 Å². The zero-order valence-corrected chi connectivity index (χ0v) is 17.2. The van der Waals surface area contributed by atoms with Crippen LogP contribution in [0.15, 0.2) is 0 Å². The topological polar surface area (TPSA) is 55.4 Å². The molecule has 0 bridgehead atoms. The summed E-state index contributed by atoms with van der Waals surface area (Å²) in [7, 11) is -1.97. The van der Waals surface area contributed by atoms with E-state index in [9.17, 15) is 22.2 Å². The summed E-state index contributed by atoms with van der Waals surface area (Å²) in [5.41, 5.74) is -0.534. The van der Waals surface area contributed by atoms with E-state index in [-0.39, 0.29) is 6.42 Å². The molecular weight excluding hydrogens is 355 g/mol. The first-order chi connectivity index (χ1) is 11.0. The molecule has 0 aromatic heterocycles. The third-order valence-electron chi connectivity index (χ3n) is 3.57. The van der Waals surface area contributed by atoms with Gasteiger partial charge in [0.2, 0.25) is 0 Å². The fraction of sp³-hybridized carbons (Fsp3) is 0.941. The lowest BCUT2D eigenvalue weighted by atomic mass is 9.81. The van der Waals surface area contributed by atoms with Gasteiger partial charge >= 0.3 is 12.1 Å². The minimum atomic E-state index is -4.73. The van der Waals surface area contributed by atoms with Crippen molar-refractivity contribution in [3.05, 3.63) is 0 Å². The Morgan fingerprint density at radius 2 is 1.60 bits per heavy atom. The molecule has 0 fully saturated rings. The standard InChI is InChI=1S/C17H32F3NO3S/c1-9-11(2)24-14(22)12(10-15(3,4)5)13(17(18,19)20)21-25(23)16(6,7)8/h11-13,21H,9-10H2,1-8H3/t11?,12-,13-,25-/m1/s1. The number of hydrogen-bond acceptors (Lipinski definition) is 3. The zero-order chi connectivity index (χ0) is 20.2. The van der Waals surface area contributed by atoms with Crippen molar-refractivity contribution >= 4 is 17.0 Å². The van der Waals surface area contributed by atoms with Crippen LogP contribution in [0.4, 0.5) is 13.2 Å². The summed E-state index contributed by atoms with van der Waals surface area (Å²) in [6.45, 7) is 13.4. The van der Waals surface area contributed by atoms with Crippen LogP contribution in [-0.4, -0.2) is 33.2 Å². The monoisotopic (exact) mass is 387 g/mol. The van der Waals surface area contributed by atoms with Crippen LogP contribution >= 0.6 is 0 Å². The van der Waals surface area contributed by atoms with Gasteiger partial charge in [-0.1, -0.05) is 27.7 Å². The van der Waals surface area contributed by atoms with Gasteiger partial charge in [-0.25, -0.2) is 8.93 Å². The molecule has 1 unspecified atom stereocenters. The van der Waals surface area contributed by atoms with Crippen molar-refractivity contribution in [2.45, 2.75) is 91.3 Å². The van der Waals surface area contributed by atoms with Gasteiger partial charge in [0.25, 0.3) is 0 Å². The van der Waals surface area contributed by atoms with Gasteiger partial charge in [0.15, 0.2) is 0 Å². The van der Waals surface area contributed by atoms with Gasteiger partial charge in [-0.15, -0.1) is 0 Å². The molecule has 150 valence electrons. The van der Waals surface area contributed by atoms with Crippen LogP contribution < -0.4 is 4.72 Å². The SMILES string of the molecule is CCC(C)OC(=O)[C@H](CC(C)(C)C)[C@@H](N[S@](=O)C(C)(C)C)C(F)(F)F. The van der Waals surface area contributed by atoms with Gasteiger partial charge in [-0.3, -0.25) is 4.79 Å². The Bertz CT molecular complexity index is 467. The van der Waals surface area contributed by atoms with E-state index in [4.69, 9.17) is 4.74 Å². The van der Waals surface area contributed by atoms with E-state index >= 15 is 0 Å². The maximum Gasteiger partial charge on any atom is 0.405 e. The molecule has 4 nitrogen and oxygen atoms in total. The molecule has 0 aliphatic heterocycles. The Labute approximate surface area is 151 Å². The summed E-state index contributed by atoms with van der Waals surface area (Å²) >= 11 is 0. The smallest absolute Gasteiger partial charge is 0.405 e. The Morgan fingerprint density at radius 3 is 1.92 bits per heavy atom. The summed E-state index contributed by atoms with van der Waals surface area (Å²) in [5.74, 6) is -2.38. The molecule has 0 aliphatic rings. The summed E-state index contributed by atoms with van der Waals surface area (Å²) in [6.07, 6.45) is -4.74. The maximum atomic E-state index is 13.7. The second-order valence-corrected chi connectivity index (χ2v) is 10.5. The minimum Gasteiger partial charge on any atom is -0.462 e. The first-order valence-electron chi connectivity index (χ1n) is 8.44. The fourth-order valence-electron chi connectivity index (χ4n) is 2.04. The van der Waals surface area contributed by atoms with Gasteiger partial charge in [-0.05, 0) is 46.0 Å². The number of halogens is 3. The van der Waals surface area contributed by atoms with E-state index in [0.717, 1.165) is 0 Å². The van der Waals surface area contributed by atoms with Crippen LogP contribution in [0.2, 0.25) is 0 Å². The Hall–Kier alpha value is -0.630. The van der Waals surface area contributed by atoms with Gasteiger partial charge in [0, 0.05) is 0 Å². The summed E-state index contributed by atoms with van der Waals surface area (Å²) in [5, 5.41) is 0. The Kier molecular flexibility index (Phi) is 8.62. The molecule has 0 aliphatic carbocycles. The lowest BCUT2D eigenvalue weighted by Crippen LogP contribution is -2.54. The highest BCUT2D eigenvalue weighted by Gasteiger charge is 2.50. The summed E-state index contributed by atoms with van der Waals surface area (Å²) in [4.78, 5) is 12.4. The third kappa shape index (κ3) is 9.03. The van der Waals surface area contributed by atoms with E-state index in [0.29, 0.717) is 6.42 Å². The van der Waals surface area contributed by atoms with Gasteiger partial charge in [-0.2, -0.15) is 13.2 Å². The molecule has 0 saturated carbocycles. The van der Waals surface area contributed by atoms with Gasteiger partial charge < -0.3 is 4.74 Å². The molecule has 0 saturated heterocycles. The highest BCUT2D eigenvalue weighted by Crippen LogP contribution is 2.35. The first kappa shape index (κ1) is 24.4. The highest BCUT2D eigenvalue weighted by atomic mass is 32.2. The van der Waals surface area contributed by atoms with Crippen LogP contribution in [0.5, 0.6) is 0 Å². The summed E-state index contributed by atoms with van der Waals surface area (Å²) in [6, 6.07) is -2.23. The highest BCUT2D eigenvalue weighted by molar-refractivity contribution is 7.84. The summed E-state index contributed by atoms with van der Waals surface area (Å²) < 4.78 is 59.7. The Morgan fingerprint density at radius 1 is 1.12 bits per heavy atom. The molecule has 8 heteroatoms. The quantitative estimate of drug-likeness (QED) is 0.660. The molecule has 0 rings (SSSR count). The predicted molar refractivity (Wildman–Crippen MR) is 94.3 cm³/mol. The molecule has 0 aromatic carbocycles. The van der Waals surface area contributed by atoms with E-state index in [1.807, 2.05) is 0 Å². The fourth-order valence-corrected chi connectivity index (χ4v) is 2.92. The van der Waals surface area contributed by atoms with Crippen LogP contribution in [0.1, 0.15) is 68.2 Å². The van der Waals surface area contributed by atoms with Crippen LogP contribution in [-0.2, 0) is 20.5 Å².